The maximum atomic E-state index is 13.0. The summed E-state index contributed by atoms with van der Waals surface area (Å²) >= 11 is 0. The van der Waals surface area contributed by atoms with Crippen molar-refractivity contribution < 1.29 is 9.59 Å². The Labute approximate surface area is 121 Å². The number of piperazine rings is 1. The summed E-state index contributed by atoms with van der Waals surface area (Å²) < 4.78 is 0. The number of amides is 2. The van der Waals surface area contributed by atoms with Gasteiger partial charge in [0.1, 0.15) is 12.1 Å². The highest BCUT2D eigenvalue weighted by Gasteiger charge is 2.50. The van der Waals surface area contributed by atoms with E-state index in [1.54, 1.807) is 0 Å². The Hall–Kier alpha value is -1.06. The second-order valence-electron chi connectivity index (χ2n) is 6.99. The molecule has 3 aliphatic rings. The number of piperidine rings is 1. The van der Waals surface area contributed by atoms with E-state index in [-0.39, 0.29) is 29.4 Å². The summed E-state index contributed by atoms with van der Waals surface area (Å²) in [6.07, 6.45) is 8.66. The van der Waals surface area contributed by atoms with Gasteiger partial charge < -0.3 is 9.80 Å². The van der Waals surface area contributed by atoms with Crippen LogP contribution in [-0.2, 0) is 9.59 Å². The highest BCUT2D eigenvalue weighted by molar-refractivity contribution is 5.97. The quantitative estimate of drug-likeness (QED) is 0.738. The maximum Gasteiger partial charge on any atom is 0.246 e. The average Bonchev–Trinajstić information content (AvgIpc) is 2.46. The summed E-state index contributed by atoms with van der Waals surface area (Å²) in [5, 5.41) is 0. The van der Waals surface area contributed by atoms with E-state index in [0.717, 1.165) is 38.6 Å². The van der Waals surface area contributed by atoms with Crippen LogP contribution in [0, 0.1) is 0 Å². The van der Waals surface area contributed by atoms with Crippen molar-refractivity contribution in [2.75, 3.05) is 6.54 Å². The molecule has 4 nitrogen and oxygen atoms in total. The standard InChI is InChI=1S/C16H26N2O2/c1-12-14(19)17-11-7-4-8-13(17)15(20)18(12)16(2)9-5-3-6-10-16/h12-13H,3-11H2,1-2H3. The van der Waals surface area contributed by atoms with Gasteiger partial charge in [-0.1, -0.05) is 19.3 Å². The first kappa shape index (κ1) is 13.9. The maximum absolute atomic E-state index is 13.0. The van der Waals surface area contributed by atoms with Crippen LogP contribution in [0.15, 0.2) is 0 Å². The van der Waals surface area contributed by atoms with Crippen molar-refractivity contribution >= 4 is 11.8 Å². The number of carbonyl (C=O) groups is 2. The molecule has 4 heteroatoms. The number of hydrogen-bond donors (Lipinski definition) is 0. The van der Waals surface area contributed by atoms with Crippen LogP contribution >= 0.6 is 0 Å². The normalized spacial score (nSPS) is 34.1. The van der Waals surface area contributed by atoms with Gasteiger partial charge >= 0.3 is 0 Å². The van der Waals surface area contributed by atoms with E-state index in [1.165, 1.54) is 19.3 Å². The lowest BCUT2D eigenvalue weighted by molar-refractivity contribution is -0.171. The summed E-state index contributed by atoms with van der Waals surface area (Å²) in [5.41, 5.74) is -0.103. The van der Waals surface area contributed by atoms with Crippen LogP contribution < -0.4 is 0 Å². The molecule has 3 fully saturated rings. The molecule has 2 saturated heterocycles. The highest BCUT2D eigenvalue weighted by atomic mass is 16.2. The van der Waals surface area contributed by atoms with E-state index < -0.39 is 0 Å². The zero-order valence-corrected chi connectivity index (χ0v) is 12.7. The van der Waals surface area contributed by atoms with E-state index in [4.69, 9.17) is 0 Å². The zero-order valence-electron chi connectivity index (χ0n) is 12.7. The largest absolute Gasteiger partial charge is 0.329 e. The monoisotopic (exact) mass is 278 g/mol. The fraction of sp³-hybridized carbons (Fsp3) is 0.875. The van der Waals surface area contributed by atoms with Crippen LogP contribution in [0.3, 0.4) is 0 Å². The molecule has 20 heavy (non-hydrogen) atoms. The number of fused-ring (bicyclic) bond motifs is 1. The van der Waals surface area contributed by atoms with Crippen LogP contribution in [0.25, 0.3) is 0 Å². The van der Waals surface area contributed by atoms with Crippen molar-refractivity contribution in [2.24, 2.45) is 0 Å². The first-order valence-corrected chi connectivity index (χ1v) is 8.18. The second-order valence-corrected chi connectivity index (χ2v) is 6.99. The summed E-state index contributed by atoms with van der Waals surface area (Å²) in [6, 6.07) is -0.453. The number of rotatable bonds is 1. The van der Waals surface area contributed by atoms with Crippen molar-refractivity contribution in [3.05, 3.63) is 0 Å². The Morgan fingerprint density at radius 1 is 1.00 bits per heavy atom. The van der Waals surface area contributed by atoms with Gasteiger partial charge in [-0.05, 0) is 46.0 Å². The lowest BCUT2D eigenvalue weighted by Crippen LogP contribution is -2.70. The van der Waals surface area contributed by atoms with Crippen molar-refractivity contribution in [2.45, 2.75) is 82.8 Å². The molecule has 2 unspecified atom stereocenters. The number of carbonyl (C=O) groups excluding carboxylic acids is 2. The van der Waals surface area contributed by atoms with Gasteiger partial charge in [-0.25, -0.2) is 0 Å². The first-order chi connectivity index (χ1) is 9.54. The second kappa shape index (κ2) is 5.05. The van der Waals surface area contributed by atoms with Crippen LogP contribution in [-0.4, -0.2) is 45.8 Å². The van der Waals surface area contributed by atoms with Crippen LogP contribution in [0.4, 0.5) is 0 Å². The van der Waals surface area contributed by atoms with E-state index in [2.05, 4.69) is 6.92 Å². The predicted octanol–water partition coefficient (Wildman–Crippen LogP) is 2.32. The Balaban J connectivity index is 1.90. The van der Waals surface area contributed by atoms with E-state index in [0.29, 0.717) is 0 Å². The predicted molar refractivity (Wildman–Crippen MR) is 77.2 cm³/mol. The SMILES string of the molecule is CC1C(=O)N2CCCCC2C(=O)N1C1(C)CCCCC1. The summed E-state index contributed by atoms with van der Waals surface area (Å²) in [5.74, 6) is 0.377. The molecule has 0 aromatic carbocycles. The number of nitrogens with zero attached hydrogens (tertiary/aromatic N) is 2. The van der Waals surface area contributed by atoms with Crippen LogP contribution in [0.1, 0.15) is 65.2 Å². The minimum absolute atomic E-state index is 0.103. The Bertz CT molecular complexity index is 415. The molecule has 0 aromatic rings. The smallest absolute Gasteiger partial charge is 0.246 e. The van der Waals surface area contributed by atoms with E-state index in [9.17, 15) is 9.59 Å². The molecular weight excluding hydrogens is 252 g/mol. The third-order valence-electron chi connectivity index (χ3n) is 5.57. The molecule has 112 valence electrons. The van der Waals surface area contributed by atoms with Crippen molar-refractivity contribution in [1.29, 1.82) is 0 Å². The molecule has 1 aliphatic carbocycles. The minimum Gasteiger partial charge on any atom is -0.329 e. The van der Waals surface area contributed by atoms with E-state index >= 15 is 0 Å². The summed E-state index contributed by atoms with van der Waals surface area (Å²) in [6.45, 7) is 4.88. The third kappa shape index (κ3) is 2.04. The Morgan fingerprint density at radius 2 is 1.70 bits per heavy atom. The average molecular weight is 278 g/mol. The minimum atomic E-state index is -0.278. The first-order valence-electron chi connectivity index (χ1n) is 8.18. The van der Waals surface area contributed by atoms with Crippen molar-refractivity contribution in [1.82, 2.24) is 9.80 Å². The molecule has 0 N–H and O–H groups in total. The molecule has 2 atom stereocenters. The van der Waals surface area contributed by atoms with Gasteiger partial charge in [0.25, 0.3) is 0 Å². The Kier molecular flexibility index (Phi) is 3.51. The highest BCUT2D eigenvalue weighted by Crippen LogP contribution is 2.38. The fourth-order valence-electron chi connectivity index (χ4n) is 4.44. The Morgan fingerprint density at radius 3 is 2.40 bits per heavy atom. The van der Waals surface area contributed by atoms with Crippen molar-refractivity contribution in [3.63, 3.8) is 0 Å². The lowest BCUT2D eigenvalue weighted by Gasteiger charge is -2.53. The molecule has 0 bridgehead atoms. The fourth-order valence-corrected chi connectivity index (χ4v) is 4.44. The third-order valence-corrected chi connectivity index (χ3v) is 5.57. The topological polar surface area (TPSA) is 40.6 Å². The summed E-state index contributed by atoms with van der Waals surface area (Å²) in [7, 11) is 0. The van der Waals surface area contributed by atoms with Crippen LogP contribution in [0.5, 0.6) is 0 Å². The van der Waals surface area contributed by atoms with Gasteiger partial charge in [0.15, 0.2) is 0 Å². The van der Waals surface area contributed by atoms with Gasteiger partial charge in [-0.3, -0.25) is 9.59 Å². The van der Waals surface area contributed by atoms with Gasteiger partial charge in [0.2, 0.25) is 11.8 Å². The molecule has 1 saturated carbocycles. The number of hydrogen-bond acceptors (Lipinski definition) is 2. The zero-order chi connectivity index (χ0) is 14.3. The molecule has 2 heterocycles. The molecular formula is C16H26N2O2. The molecule has 2 amide bonds. The molecule has 0 aromatic heterocycles. The van der Waals surface area contributed by atoms with Gasteiger partial charge in [0.05, 0.1) is 0 Å². The van der Waals surface area contributed by atoms with Gasteiger partial charge in [-0.15, -0.1) is 0 Å². The van der Waals surface area contributed by atoms with Gasteiger partial charge in [-0.2, -0.15) is 0 Å². The van der Waals surface area contributed by atoms with Crippen LogP contribution in [0.2, 0.25) is 0 Å². The van der Waals surface area contributed by atoms with E-state index in [1.807, 2.05) is 16.7 Å². The molecule has 0 radical (unpaired) electrons. The molecule has 2 aliphatic heterocycles. The van der Waals surface area contributed by atoms with Crippen molar-refractivity contribution in [3.8, 4) is 0 Å². The molecule has 0 spiro atoms. The lowest BCUT2D eigenvalue weighted by atomic mass is 9.79. The summed E-state index contributed by atoms with van der Waals surface area (Å²) in [4.78, 5) is 29.4. The molecule has 3 rings (SSSR count). The van der Waals surface area contributed by atoms with Gasteiger partial charge in [0, 0.05) is 12.1 Å².